The first-order valence-corrected chi connectivity index (χ1v) is 7.77. The Labute approximate surface area is 148 Å². The van der Waals surface area contributed by atoms with Gasteiger partial charge in [-0.3, -0.25) is 0 Å². The molecule has 0 amide bonds. The Morgan fingerprint density at radius 1 is 0.864 bits per heavy atom. The summed E-state index contributed by atoms with van der Waals surface area (Å²) >= 11 is 0. The quantitative estimate of drug-likeness (QED) is 0.605. The third-order valence-corrected chi connectivity index (χ3v) is 3.74. The minimum atomic E-state index is -1.31. The molecule has 2 fully saturated rings. The van der Waals surface area contributed by atoms with E-state index in [0.717, 1.165) is 16.4 Å². The van der Waals surface area contributed by atoms with E-state index in [-0.39, 0.29) is 17.1 Å². The van der Waals surface area contributed by atoms with E-state index in [9.17, 15) is 4.21 Å². The summed E-state index contributed by atoms with van der Waals surface area (Å²) in [5, 5.41) is 0. The Morgan fingerprint density at radius 3 is 1.86 bits per heavy atom. The number of rotatable bonds is 3. The molecule has 0 spiro atoms. The second-order valence-corrected chi connectivity index (χ2v) is 5.66. The Kier molecular flexibility index (Phi) is 9.94. The van der Waals surface area contributed by atoms with Crippen LogP contribution in [0.25, 0.3) is 0 Å². The van der Waals surface area contributed by atoms with Gasteiger partial charge in [-0.25, -0.2) is 4.21 Å². The van der Waals surface area contributed by atoms with Crippen molar-refractivity contribution < 1.29 is 21.3 Å². The van der Waals surface area contributed by atoms with E-state index < -0.39 is 11.0 Å². The molecule has 112 valence electrons. The van der Waals surface area contributed by atoms with Crippen LogP contribution in [0.15, 0.2) is 33.6 Å². The molecule has 0 N–H and O–H groups in total. The molecule has 1 atom stereocenters. The second-order valence-electron chi connectivity index (χ2n) is 4.48. The van der Waals surface area contributed by atoms with Gasteiger partial charge in [0.25, 0.3) is 0 Å². The van der Waals surface area contributed by atoms with Crippen molar-refractivity contribution in [2.75, 3.05) is 0 Å². The molecule has 0 unspecified atom stereocenters. The van der Waals surface area contributed by atoms with Crippen LogP contribution in [0.1, 0.15) is 5.56 Å². The van der Waals surface area contributed by atoms with E-state index >= 15 is 0 Å². The maximum absolute atomic E-state index is 11.8. The molecule has 2 aliphatic rings. The molecule has 0 saturated heterocycles. The normalized spacial score (nSPS) is 19.5. The van der Waals surface area contributed by atoms with Crippen molar-refractivity contribution in [2.45, 2.75) is 11.8 Å². The molecule has 2 nitrogen and oxygen atoms in total. The van der Waals surface area contributed by atoms with Crippen LogP contribution in [0.2, 0.25) is 0 Å². The first-order valence-electron chi connectivity index (χ1n) is 6.67. The summed E-state index contributed by atoms with van der Waals surface area (Å²) in [4.78, 5) is 0.730. The van der Waals surface area contributed by atoms with Crippen LogP contribution in [0, 0.1) is 70.6 Å². The zero-order valence-electron chi connectivity index (χ0n) is 12.2. The van der Waals surface area contributed by atoms with Gasteiger partial charge in [-0.1, -0.05) is 17.7 Å². The summed E-state index contributed by atoms with van der Waals surface area (Å²) in [5.41, 5.74) is 1.15. The topological polar surface area (TPSA) is 29.4 Å². The van der Waals surface area contributed by atoms with Gasteiger partial charge < -0.3 is 0 Å². The molecule has 2 saturated carbocycles. The van der Waals surface area contributed by atoms with E-state index in [1.165, 1.54) is 0 Å². The van der Waals surface area contributed by atoms with Gasteiger partial charge in [-0.15, -0.1) is 0 Å². The van der Waals surface area contributed by atoms with E-state index in [1.807, 2.05) is 89.0 Å². The van der Waals surface area contributed by atoms with Crippen molar-refractivity contribution in [1.29, 1.82) is 0 Å². The molecule has 10 radical (unpaired) electrons. The Balaban J connectivity index is 0.000000344. The summed E-state index contributed by atoms with van der Waals surface area (Å²) in [6.45, 7) is 2.00. The molecule has 0 heterocycles. The maximum Gasteiger partial charge on any atom is 2.00 e. The third kappa shape index (κ3) is 7.21. The average molecular weight is 351 g/mol. The summed E-state index contributed by atoms with van der Waals surface area (Å²) in [6.07, 6.45) is 19.3. The first-order chi connectivity index (χ1) is 10.3. The molecule has 22 heavy (non-hydrogen) atoms. The van der Waals surface area contributed by atoms with E-state index in [0.29, 0.717) is 0 Å². The van der Waals surface area contributed by atoms with Crippen LogP contribution in [-0.2, 0) is 28.1 Å². The number of aryl methyl sites for hydroxylation is 1. The molecular weight excluding hydrogens is 334 g/mol. The van der Waals surface area contributed by atoms with Gasteiger partial charge >= 0.3 is 17.1 Å². The van der Waals surface area contributed by atoms with Crippen LogP contribution < -0.4 is 0 Å². The zero-order chi connectivity index (χ0) is 14.9. The summed E-state index contributed by atoms with van der Waals surface area (Å²) in [5.74, 6) is 0.973. The van der Waals surface area contributed by atoms with Crippen molar-refractivity contribution in [2.24, 2.45) is 4.40 Å². The molecule has 2 aliphatic carbocycles. The molecule has 0 aromatic heterocycles. The average Bonchev–Trinajstić information content (AvgIpc) is 3.21. The Hall–Kier alpha value is -0.441. The van der Waals surface area contributed by atoms with Crippen LogP contribution in [-0.4, -0.2) is 10.4 Å². The van der Waals surface area contributed by atoms with Gasteiger partial charge in [-0.2, -0.15) is 4.40 Å². The van der Waals surface area contributed by atoms with Gasteiger partial charge in [0, 0.05) is 12.1 Å². The number of hydrogen-bond donors (Lipinski definition) is 0. The molecule has 0 aliphatic heterocycles. The van der Waals surface area contributed by atoms with Crippen molar-refractivity contribution >= 4 is 17.2 Å². The van der Waals surface area contributed by atoms with E-state index in [2.05, 4.69) is 4.40 Å². The molecular formula is C18H17FeNOS+2. The number of hydrogen-bond acceptors (Lipinski definition) is 1. The van der Waals surface area contributed by atoms with Gasteiger partial charge in [0.15, 0.2) is 11.0 Å². The SMILES string of the molecule is Cc1ccc([S@](=O)/N=C/[C]2[CH][CH][CH][CH]2)cc1.[CH]1[CH][CH][CH][CH]1.[Fe+2]. The third-order valence-electron chi connectivity index (χ3n) is 2.76. The summed E-state index contributed by atoms with van der Waals surface area (Å²) in [6, 6.07) is 7.55. The predicted octanol–water partition coefficient (Wildman–Crippen LogP) is 3.51. The van der Waals surface area contributed by atoms with Crippen molar-refractivity contribution in [3.63, 3.8) is 0 Å². The fraction of sp³-hybridized carbons (Fsp3) is 0.0556. The summed E-state index contributed by atoms with van der Waals surface area (Å²) < 4.78 is 15.8. The van der Waals surface area contributed by atoms with Crippen LogP contribution in [0.3, 0.4) is 0 Å². The standard InChI is InChI=1S/C13H12NOS.C5H5.Fe/c1-11-6-8-13(9-7-11)16(15)14-10-12-4-2-3-5-12;1-2-4-5-3-1;/h2-10H,1H3;1-5H;/q;;+2/b14-10+;;/t16-;;/m0../s1. The minimum absolute atomic E-state index is 0. The van der Waals surface area contributed by atoms with E-state index in [1.54, 1.807) is 6.21 Å². The van der Waals surface area contributed by atoms with Gasteiger partial charge in [0.1, 0.15) is 0 Å². The van der Waals surface area contributed by atoms with Crippen LogP contribution in [0.5, 0.6) is 0 Å². The van der Waals surface area contributed by atoms with Crippen LogP contribution in [0.4, 0.5) is 0 Å². The fourth-order valence-electron chi connectivity index (χ4n) is 1.62. The Bertz CT molecular complexity index is 455. The second kappa shape index (κ2) is 11.2. The van der Waals surface area contributed by atoms with Gasteiger partial charge in [0.2, 0.25) is 0 Å². The minimum Gasteiger partial charge on any atom is -0.230 e. The van der Waals surface area contributed by atoms with E-state index in [4.69, 9.17) is 0 Å². The van der Waals surface area contributed by atoms with Gasteiger partial charge in [0.05, 0.1) is 4.90 Å². The largest absolute Gasteiger partial charge is 2.00 e. The monoisotopic (exact) mass is 351 g/mol. The van der Waals surface area contributed by atoms with Crippen molar-refractivity contribution in [3.05, 3.63) is 93.5 Å². The number of benzene rings is 1. The molecule has 1 aromatic rings. The zero-order valence-corrected chi connectivity index (χ0v) is 14.1. The van der Waals surface area contributed by atoms with Crippen molar-refractivity contribution in [3.8, 4) is 0 Å². The first kappa shape index (κ1) is 19.6. The maximum atomic E-state index is 11.8. The Morgan fingerprint density at radius 2 is 1.36 bits per heavy atom. The molecule has 0 bridgehead atoms. The van der Waals surface area contributed by atoms with Crippen LogP contribution >= 0.6 is 0 Å². The predicted molar refractivity (Wildman–Crippen MR) is 88.0 cm³/mol. The molecule has 3 rings (SSSR count). The summed E-state index contributed by atoms with van der Waals surface area (Å²) in [7, 11) is -1.31. The number of nitrogens with zero attached hydrogens (tertiary/aromatic N) is 1. The van der Waals surface area contributed by atoms with Gasteiger partial charge in [-0.05, 0) is 76.8 Å². The molecule has 4 heteroatoms. The fourth-order valence-corrected chi connectivity index (χ4v) is 2.33. The van der Waals surface area contributed by atoms with Crippen molar-refractivity contribution in [1.82, 2.24) is 0 Å². The smallest absolute Gasteiger partial charge is 0.230 e. The molecule has 1 aromatic carbocycles.